The van der Waals surface area contributed by atoms with Crippen molar-refractivity contribution in [2.75, 3.05) is 0 Å². The molecule has 2 aromatic rings. The van der Waals surface area contributed by atoms with Crippen LogP contribution in [0.15, 0.2) is 30.5 Å². The fraction of sp³-hybridized carbons (Fsp3) is 0.357. The minimum atomic E-state index is 0.500. The minimum absolute atomic E-state index is 0.500. The molecule has 78 valence electrons. The highest BCUT2D eigenvalue weighted by atomic mass is 14.7. The largest absolute Gasteiger partial charge is 0.260 e. The summed E-state index contributed by atoms with van der Waals surface area (Å²) in [5.41, 5.74) is 2.57. The lowest BCUT2D eigenvalue weighted by Crippen LogP contribution is -1.92. The smallest absolute Gasteiger partial charge is 0.0435 e. The van der Waals surface area contributed by atoms with Gasteiger partial charge in [-0.15, -0.1) is 0 Å². The first-order valence-corrected chi connectivity index (χ1v) is 5.59. The first kappa shape index (κ1) is 10.2. The van der Waals surface area contributed by atoms with Crippen LogP contribution in [0.3, 0.4) is 0 Å². The zero-order chi connectivity index (χ0) is 10.8. The molecule has 15 heavy (non-hydrogen) atoms. The Bertz CT molecular complexity index is 472. The summed E-state index contributed by atoms with van der Waals surface area (Å²) in [5.74, 6) is 0.500. The highest BCUT2D eigenvalue weighted by Crippen LogP contribution is 2.20. The van der Waals surface area contributed by atoms with E-state index in [-0.39, 0.29) is 0 Å². The molecule has 0 amide bonds. The van der Waals surface area contributed by atoms with Crippen LogP contribution in [0.2, 0.25) is 0 Å². The highest BCUT2D eigenvalue weighted by molar-refractivity contribution is 5.82. The van der Waals surface area contributed by atoms with Crippen LogP contribution in [0, 0.1) is 0 Å². The van der Waals surface area contributed by atoms with Crippen LogP contribution in [0.1, 0.15) is 37.9 Å². The van der Waals surface area contributed by atoms with Gasteiger partial charge in [0.15, 0.2) is 0 Å². The van der Waals surface area contributed by atoms with Crippen molar-refractivity contribution in [3.8, 4) is 0 Å². The fourth-order valence-electron chi connectivity index (χ4n) is 1.74. The summed E-state index contributed by atoms with van der Waals surface area (Å²) < 4.78 is 0. The van der Waals surface area contributed by atoms with Crippen LogP contribution in [0.4, 0.5) is 0 Å². The third-order valence-corrected chi connectivity index (χ3v) is 2.81. The molecule has 0 N–H and O–H groups in total. The molecule has 1 aromatic carbocycles. The first-order valence-electron chi connectivity index (χ1n) is 5.59. The van der Waals surface area contributed by atoms with Gasteiger partial charge < -0.3 is 0 Å². The number of hydrogen-bond acceptors (Lipinski definition) is 1. The first-order chi connectivity index (χ1) is 7.20. The van der Waals surface area contributed by atoms with E-state index in [1.165, 1.54) is 22.0 Å². The normalized spacial score (nSPS) is 11.2. The number of aryl methyl sites for hydroxylation is 1. The maximum absolute atomic E-state index is 4.46. The molecule has 0 aliphatic carbocycles. The second-order valence-corrected chi connectivity index (χ2v) is 4.30. The molecule has 0 aliphatic rings. The Morgan fingerprint density at radius 3 is 2.60 bits per heavy atom. The van der Waals surface area contributed by atoms with Gasteiger partial charge in [-0.05, 0) is 29.4 Å². The summed E-state index contributed by atoms with van der Waals surface area (Å²) in [6.45, 7) is 6.54. The van der Waals surface area contributed by atoms with E-state index in [0.717, 1.165) is 6.42 Å². The summed E-state index contributed by atoms with van der Waals surface area (Å²) in [4.78, 5) is 4.46. The summed E-state index contributed by atoms with van der Waals surface area (Å²) in [6, 6.07) is 8.81. The van der Waals surface area contributed by atoms with Gasteiger partial charge in [-0.3, -0.25) is 4.98 Å². The van der Waals surface area contributed by atoms with Crippen molar-refractivity contribution in [2.45, 2.75) is 33.1 Å². The Morgan fingerprint density at radius 2 is 1.93 bits per heavy atom. The lowest BCUT2D eigenvalue weighted by atomic mass is 10.0. The van der Waals surface area contributed by atoms with Gasteiger partial charge >= 0.3 is 0 Å². The SMILES string of the molecule is CCc1ccc2cnc(C(C)C)cc2c1. The maximum Gasteiger partial charge on any atom is 0.0435 e. The lowest BCUT2D eigenvalue weighted by molar-refractivity contribution is 0.826. The predicted octanol–water partition coefficient (Wildman–Crippen LogP) is 3.92. The monoisotopic (exact) mass is 199 g/mol. The Kier molecular flexibility index (Phi) is 2.72. The Labute approximate surface area is 91.2 Å². The second kappa shape index (κ2) is 4.01. The van der Waals surface area contributed by atoms with E-state index in [4.69, 9.17) is 0 Å². The van der Waals surface area contributed by atoms with Gasteiger partial charge in [-0.25, -0.2) is 0 Å². The van der Waals surface area contributed by atoms with Crippen molar-refractivity contribution < 1.29 is 0 Å². The average molecular weight is 199 g/mol. The van der Waals surface area contributed by atoms with E-state index >= 15 is 0 Å². The van der Waals surface area contributed by atoms with Gasteiger partial charge in [-0.2, -0.15) is 0 Å². The number of benzene rings is 1. The molecule has 2 rings (SSSR count). The summed E-state index contributed by atoms with van der Waals surface area (Å²) in [6.07, 6.45) is 3.07. The highest BCUT2D eigenvalue weighted by Gasteiger charge is 2.02. The van der Waals surface area contributed by atoms with Crippen LogP contribution < -0.4 is 0 Å². The van der Waals surface area contributed by atoms with Crippen LogP contribution >= 0.6 is 0 Å². The van der Waals surface area contributed by atoms with Crippen molar-refractivity contribution in [3.63, 3.8) is 0 Å². The van der Waals surface area contributed by atoms with E-state index in [0.29, 0.717) is 5.92 Å². The number of fused-ring (bicyclic) bond motifs is 1. The third-order valence-electron chi connectivity index (χ3n) is 2.81. The number of rotatable bonds is 2. The van der Waals surface area contributed by atoms with Crippen molar-refractivity contribution in [1.82, 2.24) is 4.98 Å². The van der Waals surface area contributed by atoms with Gasteiger partial charge in [0, 0.05) is 17.3 Å². The van der Waals surface area contributed by atoms with E-state index < -0.39 is 0 Å². The Morgan fingerprint density at radius 1 is 1.13 bits per heavy atom. The maximum atomic E-state index is 4.46. The second-order valence-electron chi connectivity index (χ2n) is 4.30. The number of pyridine rings is 1. The van der Waals surface area contributed by atoms with Crippen molar-refractivity contribution in [1.29, 1.82) is 0 Å². The lowest BCUT2D eigenvalue weighted by Gasteiger charge is -2.06. The van der Waals surface area contributed by atoms with Gasteiger partial charge in [-0.1, -0.05) is 39.0 Å². The molecule has 0 fully saturated rings. The van der Waals surface area contributed by atoms with E-state index in [9.17, 15) is 0 Å². The van der Waals surface area contributed by atoms with E-state index in [2.05, 4.69) is 50.0 Å². The standard InChI is InChI=1S/C14H17N/c1-4-11-5-6-12-9-15-14(10(2)3)8-13(12)7-11/h5-10H,4H2,1-3H3. The van der Waals surface area contributed by atoms with Crippen molar-refractivity contribution >= 4 is 10.8 Å². The van der Waals surface area contributed by atoms with Crippen LogP contribution in [-0.2, 0) is 6.42 Å². The zero-order valence-electron chi connectivity index (χ0n) is 9.62. The van der Waals surface area contributed by atoms with Crippen LogP contribution in [0.25, 0.3) is 10.8 Å². The summed E-state index contributed by atoms with van der Waals surface area (Å²) in [5, 5.41) is 2.55. The quantitative estimate of drug-likeness (QED) is 0.714. The number of aromatic nitrogens is 1. The van der Waals surface area contributed by atoms with E-state index in [1.807, 2.05) is 6.20 Å². The molecule has 0 unspecified atom stereocenters. The third kappa shape index (κ3) is 2.01. The molecule has 0 spiro atoms. The van der Waals surface area contributed by atoms with Gasteiger partial charge in [0.1, 0.15) is 0 Å². The number of nitrogens with zero attached hydrogens (tertiary/aromatic N) is 1. The number of hydrogen-bond donors (Lipinski definition) is 0. The Hall–Kier alpha value is -1.37. The van der Waals surface area contributed by atoms with Gasteiger partial charge in [0.2, 0.25) is 0 Å². The van der Waals surface area contributed by atoms with Crippen LogP contribution in [0.5, 0.6) is 0 Å². The zero-order valence-corrected chi connectivity index (χ0v) is 9.62. The van der Waals surface area contributed by atoms with Crippen molar-refractivity contribution in [3.05, 3.63) is 41.7 Å². The van der Waals surface area contributed by atoms with E-state index in [1.54, 1.807) is 0 Å². The molecule has 1 heterocycles. The summed E-state index contributed by atoms with van der Waals surface area (Å²) in [7, 11) is 0. The van der Waals surface area contributed by atoms with Crippen LogP contribution in [-0.4, -0.2) is 4.98 Å². The fourth-order valence-corrected chi connectivity index (χ4v) is 1.74. The van der Waals surface area contributed by atoms with Gasteiger partial charge in [0.05, 0.1) is 0 Å². The molecule has 1 heteroatoms. The molecule has 0 saturated heterocycles. The summed E-state index contributed by atoms with van der Waals surface area (Å²) >= 11 is 0. The predicted molar refractivity (Wildman–Crippen MR) is 65.2 cm³/mol. The molecule has 1 nitrogen and oxygen atoms in total. The Balaban J connectivity index is 2.57. The van der Waals surface area contributed by atoms with Gasteiger partial charge in [0.25, 0.3) is 0 Å². The molecular weight excluding hydrogens is 182 g/mol. The molecule has 0 atom stereocenters. The molecule has 0 bridgehead atoms. The topological polar surface area (TPSA) is 12.9 Å². The average Bonchev–Trinajstić information content (AvgIpc) is 2.27. The molecule has 1 aromatic heterocycles. The molecule has 0 radical (unpaired) electrons. The van der Waals surface area contributed by atoms with Crippen molar-refractivity contribution in [2.24, 2.45) is 0 Å². The molecule has 0 saturated carbocycles. The molecular formula is C14H17N. The molecule has 0 aliphatic heterocycles. The minimum Gasteiger partial charge on any atom is -0.260 e.